The molecule has 0 aliphatic heterocycles. The number of carbonyl (C=O) groups excluding carboxylic acids is 1. The van der Waals surface area contributed by atoms with E-state index in [4.69, 9.17) is 6.42 Å². The molecule has 1 N–H and O–H groups in total. The summed E-state index contributed by atoms with van der Waals surface area (Å²) in [7, 11) is 0. The molecule has 0 amide bonds. The topological polar surface area (TPSA) is 37.3 Å². The fourth-order valence-electron chi connectivity index (χ4n) is 6.43. The van der Waals surface area contributed by atoms with Gasteiger partial charge in [0.1, 0.15) is 5.60 Å². The number of terminal acetylenes is 1. The van der Waals surface area contributed by atoms with Gasteiger partial charge >= 0.3 is 0 Å². The Bertz CT molecular complexity index is 583. The van der Waals surface area contributed by atoms with Crippen molar-refractivity contribution >= 4 is 5.78 Å². The Labute approximate surface area is 133 Å². The van der Waals surface area contributed by atoms with E-state index in [1.165, 1.54) is 12.0 Å². The molecule has 0 radical (unpaired) electrons. The van der Waals surface area contributed by atoms with E-state index in [9.17, 15) is 9.90 Å². The Kier molecular flexibility index (Phi) is 3.11. The van der Waals surface area contributed by atoms with Crippen molar-refractivity contribution in [2.75, 3.05) is 0 Å². The second-order valence-electron chi connectivity index (χ2n) is 8.30. The summed E-state index contributed by atoms with van der Waals surface area (Å²) in [6.07, 6.45) is 15.7. The number of ketones is 1. The fourth-order valence-corrected chi connectivity index (χ4v) is 6.43. The molecular formula is C20H26O2. The molecule has 22 heavy (non-hydrogen) atoms. The lowest BCUT2D eigenvalue weighted by molar-refractivity contribution is -0.116. The van der Waals surface area contributed by atoms with Gasteiger partial charge in [0.25, 0.3) is 0 Å². The van der Waals surface area contributed by atoms with Crippen molar-refractivity contribution in [1.82, 2.24) is 0 Å². The molecule has 4 aliphatic carbocycles. The predicted molar refractivity (Wildman–Crippen MR) is 85.9 cm³/mol. The van der Waals surface area contributed by atoms with Gasteiger partial charge in [0.15, 0.2) is 5.78 Å². The second-order valence-corrected chi connectivity index (χ2v) is 8.30. The van der Waals surface area contributed by atoms with E-state index in [2.05, 4.69) is 12.8 Å². The molecule has 2 nitrogen and oxygen atoms in total. The molecule has 0 bridgehead atoms. The van der Waals surface area contributed by atoms with Crippen molar-refractivity contribution in [2.45, 2.75) is 63.9 Å². The molecule has 118 valence electrons. The summed E-state index contributed by atoms with van der Waals surface area (Å²) in [4.78, 5) is 11.7. The lowest BCUT2D eigenvalue weighted by Crippen LogP contribution is -2.52. The number of aliphatic hydroxyl groups is 1. The minimum atomic E-state index is -0.902. The first kappa shape index (κ1) is 14.5. The minimum absolute atomic E-state index is 0.103. The van der Waals surface area contributed by atoms with Crippen LogP contribution in [0.1, 0.15) is 58.3 Å². The van der Waals surface area contributed by atoms with Crippen molar-refractivity contribution in [1.29, 1.82) is 0 Å². The van der Waals surface area contributed by atoms with Crippen LogP contribution in [-0.4, -0.2) is 16.5 Å². The summed E-state index contributed by atoms with van der Waals surface area (Å²) < 4.78 is 0. The van der Waals surface area contributed by atoms with Crippen LogP contribution >= 0.6 is 0 Å². The molecule has 0 unspecified atom stereocenters. The van der Waals surface area contributed by atoms with Crippen LogP contribution in [0.25, 0.3) is 0 Å². The van der Waals surface area contributed by atoms with Crippen LogP contribution in [-0.2, 0) is 4.79 Å². The molecule has 0 aromatic heterocycles. The Hall–Kier alpha value is -1.07. The average molecular weight is 298 g/mol. The standard InChI is InChI=1S/C20H26O2/c1-3-20(22)11-9-18-17-6-4-13-12-14(21)5-7-15(13)16(17)8-10-19(18,20)2/h1,12,15-18,22H,4-11H2,2H3/t15-,16+,17+,18-,19+,20-/m0/s1. The summed E-state index contributed by atoms with van der Waals surface area (Å²) in [6, 6.07) is 0. The van der Waals surface area contributed by atoms with Gasteiger partial charge in [0.2, 0.25) is 0 Å². The molecule has 0 aromatic carbocycles. The number of hydrogen-bond acceptors (Lipinski definition) is 2. The summed E-state index contributed by atoms with van der Waals surface area (Å²) in [6.45, 7) is 2.23. The highest BCUT2D eigenvalue weighted by atomic mass is 16.3. The number of fused-ring (bicyclic) bond motifs is 5. The normalized spacial score (nSPS) is 50.4. The third kappa shape index (κ3) is 1.75. The van der Waals surface area contributed by atoms with Crippen molar-refractivity contribution in [3.05, 3.63) is 11.6 Å². The van der Waals surface area contributed by atoms with Crippen LogP contribution in [0.2, 0.25) is 0 Å². The van der Waals surface area contributed by atoms with E-state index in [-0.39, 0.29) is 5.41 Å². The molecule has 0 saturated heterocycles. The number of hydrogen-bond donors (Lipinski definition) is 1. The van der Waals surface area contributed by atoms with Crippen LogP contribution in [0.3, 0.4) is 0 Å². The van der Waals surface area contributed by atoms with Crippen molar-refractivity contribution < 1.29 is 9.90 Å². The molecule has 3 saturated carbocycles. The molecule has 0 heterocycles. The van der Waals surface area contributed by atoms with E-state index >= 15 is 0 Å². The van der Waals surface area contributed by atoms with Crippen LogP contribution in [0.15, 0.2) is 11.6 Å². The third-order valence-electron chi connectivity index (χ3n) is 7.69. The molecular weight excluding hydrogens is 272 g/mol. The summed E-state index contributed by atoms with van der Waals surface area (Å²) in [5, 5.41) is 10.9. The van der Waals surface area contributed by atoms with Gasteiger partial charge in [0.05, 0.1) is 0 Å². The van der Waals surface area contributed by atoms with Gasteiger partial charge in [-0.1, -0.05) is 18.4 Å². The second kappa shape index (κ2) is 4.71. The molecule has 4 rings (SSSR count). The van der Waals surface area contributed by atoms with Crippen molar-refractivity contribution in [3.8, 4) is 12.3 Å². The Balaban J connectivity index is 1.65. The molecule has 2 heteroatoms. The van der Waals surface area contributed by atoms with Gasteiger partial charge in [-0.05, 0) is 74.7 Å². The molecule has 6 atom stereocenters. The largest absolute Gasteiger partial charge is 0.377 e. The number of rotatable bonds is 0. The maximum Gasteiger partial charge on any atom is 0.155 e. The fraction of sp³-hybridized carbons (Fsp3) is 0.750. The Morgan fingerprint density at radius 2 is 2.00 bits per heavy atom. The molecule has 3 fully saturated rings. The number of carbonyl (C=O) groups is 1. The summed E-state index contributed by atoms with van der Waals surface area (Å²) in [5.41, 5.74) is 0.418. The van der Waals surface area contributed by atoms with Crippen LogP contribution in [0.5, 0.6) is 0 Å². The van der Waals surface area contributed by atoms with E-state index < -0.39 is 5.60 Å². The average Bonchev–Trinajstić information content (AvgIpc) is 2.79. The first-order chi connectivity index (χ1) is 10.5. The summed E-state index contributed by atoms with van der Waals surface area (Å²) in [5.74, 6) is 5.66. The Morgan fingerprint density at radius 3 is 2.77 bits per heavy atom. The lowest BCUT2D eigenvalue weighted by atomic mass is 9.50. The number of allylic oxidation sites excluding steroid dienone is 1. The van der Waals surface area contributed by atoms with E-state index in [1.807, 2.05) is 6.08 Å². The lowest BCUT2D eigenvalue weighted by Gasteiger charge is -2.54. The van der Waals surface area contributed by atoms with Crippen LogP contribution in [0, 0.1) is 41.4 Å². The van der Waals surface area contributed by atoms with E-state index in [0.717, 1.165) is 44.9 Å². The van der Waals surface area contributed by atoms with Gasteiger partial charge < -0.3 is 5.11 Å². The highest BCUT2D eigenvalue weighted by Crippen LogP contribution is 2.64. The van der Waals surface area contributed by atoms with Crippen LogP contribution < -0.4 is 0 Å². The first-order valence-electron chi connectivity index (χ1n) is 8.92. The quantitative estimate of drug-likeness (QED) is 0.695. The zero-order valence-electron chi connectivity index (χ0n) is 13.5. The molecule has 4 aliphatic rings. The first-order valence-corrected chi connectivity index (χ1v) is 8.92. The molecule has 0 aromatic rings. The van der Waals surface area contributed by atoms with Gasteiger partial charge in [0, 0.05) is 11.8 Å². The highest BCUT2D eigenvalue weighted by Gasteiger charge is 2.61. The van der Waals surface area contributed by atoms with E-state index in [1.54, 1.807) is 0 Å². The predicted octanol–water partition coefficient (Wildman–Crippen LogP) is 3.49. The SMILES string of the molecule is C#C[C@]1(O)CC[C@H]2[C@@H]3CCC4=CC(=O)CC[C@@H]4[C@H]3CC[C@]21C. The third-order valence-corrected chi connectivity index (χ3v) is 7.69. The minimum Gasteiger partial charge on any atom is -0.377 e. The zero-order chi connectivity index (χ0) is 15.5. The van der Waals surface area contributed by atoms with Crippen molar-refractivity contribution in [3.63, 3.8) is 0 Å². The molecule has 0 spiro atoms. The maximum atomic E-state index is 11.7. The van der Waals surface area contributed by atoms with Gasteiger partial charge in [-0.3, -0.25) is 4.79 Å². The van der Waals surface area contributed by atoms with Gasteiger partial charge in [-0.15, -0.1) is 6.42 Å². The van der Waals surface area contributed by atoms with Crippen LogP contribution in [0.4, 0.5) is 0 Å². The smallest absolute Gasteiger partial charge is 0.155 e. The zero-order valence-corrected chi connectivity index (χ0v) is 13.5. The van der Waals surface area contributed by atoms with E-state index in [0.29, 0.717) is 29.5 Å². The maximum absolute atomic E-state index is 11.7. The van der Waals surface area contributed by atoms with Gasteiger partial charge in [-0.25, -0.2) is 0 Å². The highest BCUT2D eigenvalue weighted by molar-refractivity contribution is 5.91. The van der Waals surface area contributed by atoms with Gasteiger partial charge in [-0.2, -0.15) is 0 Å². The monoisotopic (exact) mass is 298 g/mol. The summed E-state index contributed by atoms with van der Waals surface area (Å²) >= 11 is 0. The Morgan fingerprint density at radius 1 is 1.18 bits per heavy atom. The van der Waals surface area contributed by atoms with Crippen molar-refractivity contribution in [2.24, 2.45) is 29.1 Å².